The van der Waals surface area contributed by atoms with Gasteiger partial charge >= 0.3 is 5.97 Å². The standard InChI is InChI=1S/C12H14N2O2S/c1-10-7-13-14(8-10)5-4-12(15)16-9-11-3-2-6-17-11/h2-3,6-8H,4-5,9H2,1H3. The Balaban J connectivity index is 1.71. The summed E-state index contributed by atoms with van der Waals surface area (Å²) in [4.78, 5) is 12.5. The number of rotatable bonds is 5. The molecule has 0 N–H and O–H groups in total. The van der Waals surface area contributed by atoms with E-state index < -0.39 is 0 Å². The fourth-order valence-corrected chi connectivity index (χ4v) is 2.03. The molecule has 0 aliphatic heterocycles. The zero-order valence-electron chi connectivity index (χ0n) is 9.63. The number of carbonyl (C=O) groups is 1. The lowest BCUT2D eigenvalue weighted by Crippen LogP contribution is -2.09. The normalized spacial score (nSPS) is 10.4. The van der Waals surface area contributed by atoms with E-state index >= 15 is 0 Å². The molecule has 0 amide bonds. The molecule has 0 aliphatic rings. The molecule has 5 heteroatoms. The van der Waals surface area contributed by atoms with Gasteiger partial charge in [0.2, 0.25) is 0 Å². The Morgan fingerprint density at radius 3 is 3.12 bits per heavy atom. The molecule has 2 aromatic rings. The van der Waals surface area contributed by atoms with Crippen molar-refractivity contribution in [3.8, 4) is 0 Å². The van der Waals surface area contributed by atoms with Gasteiger partial charge in [0, 0.05) is 11.1 Å². The Morgan fingerprint density at radius 2 is 2.47 bits per heavy atom. The van der Waals surface area contributed by atoms with Crippen molar-refractivity contribution in [3.63, 3.8) is 0 Å². The summed E-state index contributed by atoms with van der Waals surface area (Å²) in [6.07, 6.45) is 4.04. The van der Waals surface area contributed by atoms with Gasteiger partial charge in [-0.25, -0.2) is 0 Å². The molecule has 4 nitrogen and oxygen atoms in total. The van der Waals surface area contributed by atoms with E-state index in [2.05, 4.69) is 5.10 Å². The van der Waals surface area contributed by atoms with Gasteiger partial charge in [0.1, 0.15) is 6.61 Å². The van der Waals surface area contributed by atoms with E-state index in [4.69, 9.17) is 4.74 Å². The third-order valence-corrected chi connectivity index (χ3v) is 3.11. The third kappa shape index (κ3) is 3.71. The summed E-state index contributed by atoms with van der Waals surface area (Å²) >= 11 is 1.59. The van der Waals surface area contributed by atoms with Crippen molar-refractivity contribution in [2.24, 2.45) is 0 Å². The number of carbonyl (C=O) groups excluding carboxylic acids is 1. The van der Waals surface area contributed by atoms with Gasteiger partial charge in [-0.1, -0.05) is 6.07 Å². The quantitative estimate of drug-likeness (QED) is 0.765. The first kappa shape index (κ1) is 11.9. The minimum absolute atomic E-state index is 0.188. The zero-order chi connectivity index (χ0) is 12.1. The maximum atomic E-state index is 11.5. The van der Waals surface area contributed by atoms with Gasteiger partial charge < -0.3 is 4.74 Å². The van der Waals surface area contributed by atoms with E-state index in [1.54, 1.807) is 22.2 Å². The number of aryl methyl sites for hydroxylation is 2. The lowest BCUT2D eigenvalue weighted by molar-refractivity contribution is -0.145. The summed E-state index contributed by atoms with van der Waals surface area (Å²) in [5, 5.41) is 6.08. The highest BCUT2D eigenvalue weighted by Crippen LogP contribution is 2.10. The van der Waals surface area contributed by atoms with Gasteiger partial charge in [-0.15, -0.1) is 11.3 Å². The largest absolute Gasteiger partial charge is 0.460 e. The molecule has 0 saturated heterocycles. The van der Waals surface area contributed by atoms with Crippen molar-refractivity contribution in [3.05, 3.63) is 40.3 Å². The molecular formula is C12H14N2O2S. The fourth-order valence-electron chi connectivity index (χ4n) is 1.41. The van der Waals surface area contributed by atoms with Gasteiger partial charge in [-0.05, 0) is 23.9 Å². The molecule has 0 radical (unpaired) electrons. The topological polar surface area (TPSA) is 44.1 Å². The molecule has 2 rings (SSSR count). The summed E-state index contributed by atoms with van der Waals surface area (Å²) in [5.74, 6) is -0.188. The second kappa shape index (κ2) is 5.63. The number of aromatic nitrogens is 2. The van der Waals surface area contributed by atoms with Gasteiger partial charge in [0.25, 0.3) is 0 Å². The number of esters is 1. The van der Waals surface area contributed by atoms with E-state index in [0.717, 1.165) is 10.4 Å². The predicted molar refractivity (Wildman–Crippen MR) is 65.7 cm³/mol. The van der Waals surface area contributed by atoms with Crippen molar-refractivity contribution in [1.29, 1.82) is 0 Å². The number of hydrogen-bond donors (Lipinski definition) is 0. The van der Waals surface area contributed by atoms with Gasteiger partial charge in [-0.3, -0.25) is 9.48 Å². The van der Waals surface area contributed by atoms with Crippen LogP contribution in [0, 0.1) is 6.92 Å². The minimum atomic E-state index is -0.188. The monoisotopic (exact) mass is 250 g/mol. The number of ether oxygens (including phenoxy) is 1. The molecule has 2 aromatic heterocycles. The van der Waals surface area contributed by atoms with Gasteiger partial charge in [-0.2, -0.15) is 5.10 Å². The van der Waals surface area contributed by atoms with Gasteiger partial charge in [0.15, 0.2) is 0 Å². The fraction of sp³-hybridized carbons (Fsp3) is 0.333. The highest BCUT2D eigenvalue weighted by molar-refractivity contribution is 7.09. The Labute approximate surface area is 104 Å². The molecule has 0 atom stereocenters. The van der Waals surface area contributed by atoms with Crippen LogP contribution in [0.25, 0.3) is 0 Å². The van der Waals surface area contributed by atoms with E-state index in [1.807, 2.05) is 30.6 Å². The van der Waals surface area contributed by atoms with E-state index in [1.165, 1.54) is 0 Å². The number of thiophene rings is 1. The average molecular weight is 250 g/mol. The van der Waals surface area contributed by atoms with Crippen LogP contribution in [0.1, 0.15) is 16.9 Å². The van der Waals surface area contributed by atoms with Crippen LogP contribution in [-0.2, 0) is 22.7 Å². The molecule has 0 unspecified atom stereocenters. The molecular weight excluding hydrogens is 236 g/mol. The van der Waals surface area contributed by atoms with Crippen LogP contribution in [0.3, 0.4) is 0 Å². The highest BCUT2D eigenvalue weighted by atomic mass is 32.1. The number of nitrogens with zero attached hydrogens (tertiary/aromatic N) is 2. The predicted octanol–water partition coefficient (Wildman–Crippen LogP) is 2.39. The molecule has 0 saturated carbocycles. The molecule has 0 bridgehead atoms. The van der Waals surface area contributed by atoms with Crippen molar-refractivity contribution in [2.75, 3.05) is 0 Å². The summed E-state index contributed by atoms with van der Waals surface area (Å²) in [5.41, 5.74) is 1.09. The first-order valence-electron chi connectivity index (χ1n) is 5.41. The molecule has 0 fully saturated rings. The minimum Gasteiger partial charge on any atom is -0.460 e. The van der Waals surface area contributed by atoms with Crippen molar-refractivity contribution >= 4 is 17.3 Å². The van der Waals surface area contributed by atoms with Crippen molar-refractivity contribution < 1.29 is 9.53 Å². The average Bonchev–Trinajstić information content (AvgIpc) is 2.95. The molecule has 90 valence electrons. The van der Waals surface area contributed by atoms with Crippen LogP contribution < -0.4 is 0 Å². The Hall–Kier alpha value is -1.62. The third-order valence-electron chi connectivity index (χ3n) is 2.26. The van der Waals surface area contributed by atoms with Crippen LogP contribution in [0.4, 0.5) is 0 Å². The smallest absolute Gasteiger partial charge is 0.308 e. The van der Waals surface area contributed by atoms with Crippen molar-refractivity contribution in [2.45, 2.75) is 26.5 Å². The first-order chi connectivity index (χ1) is 8.24. The van der Waals surface area contributed by atoms with Crippen LogP contribution >= 0.6 is 11.3 Å². The van der Waals surface area contributed by atoms with Crippen LogP contribution in [0.5, 0.6) is 0 Å². The van der Waals surface area contributed by atoms with Crippen LogP contribution in [0.2, 0.25) is 0 Å². The number of hydrogen-bond acceptors (Lipinski definition) is 4. The van der Waals surface area contributed by atoms with Gasteiger partial charge in [0.05, 0.1) is 19.2 Å². The molecule has 0 spiro atoms. The van der Waals surface area contributed by atoms with E-state index in [-0.39, 0.29) is 5.97 Å². The molecule has 0 aliphatic carbocycles. The first-order valence-corrected chi connectivity index (χ1v) is 6.29. The second-order valence-electron chi connectivity index (χ2n) is 3.77. The Bertz CT molecular complexity index is 476. The van der Waals surface area contributed by atoms with Crippen LogP contribution in [0.15, 0.2) is 29.9 Å². The maximum Gasteiger partial charge on any atom is 0.308 e. The maximum absolute atomic E-state index is 11.5. The SMILES string of the molecule is Cc1cnn(CCC(=O)OCc2cccs2)c1. The Morgan fingerprint density at radius 1 is 1.59 bits per heavy atom. The summed E-state index contributed by atoms with van der Waals surface area (Å²) < 4.78 is 6.90. The van der Waals surface area contributed by atoms with Crippen LogP contribution in [-0.4, -0.2) is 15.7 Å². The molecule has 0 aromatic carbocycles. The second-order valence-corrected chi connectivity index (χ2v) is 4.80. The lowest BCUT2D eigenvalue weighted by Gasteiger charge is -2.03. The van der Waals surface area contributed by atoms with E-state index in [9.17, 15) is 4.79 Å². The zero-order valence-corrected chi connectivity index (χ0v) is 10.4. The molecule has 17 heavy (non-hydrogen) atoms. The molecule has 2 heterocycles. The highest BCUT2D eigenvalue weighted by Gasteiger charge is 2.04. The van der Waals surface area contributed by atoms with Crippen molar-refractivity contribution in [1.82, 2.24) is 9.78 Å². The summed E-state index contributed by atoms with van der Waals surface area (Å²) in [7, 11) is 0. The lowest BCUT2D eigenvalue weighted by atomic mass is 10.4. The van der Waals surface area contributed by atoms with E-state index in [0.29, 0.717) is 19.6 Å². The summed E-state index contributed by atoms with van der Waals surface area (Å²) in [6.45, 7) is 2.91. The summed E-state index contributed by atoms with van der Waals surface area (Å²) in [6, 6.07) is 3.90. The Kier molecular flexibility index (Phi) is 3.93.